The van der Waals surface area contributed by atoms with Crippen LogP contribution >= 0.6 is 0 Å². The summed E-state index contributed by atoms with van der Waals surface area (Å²) in [6, 6.07) is 19.1. The van der Waals surface area contributed by atoms with Crippen LogP contribution in [0.15, 0.2) is 77.7 Å². The highest BCUT2D eigenvalue weighted by Crippen LogP contribution is 2.37. The summed E-state index contributed by atoms with van der Waals surface area (Å²) in [5.74, 6) is -0.430. The molecule has 1 unspecified atom stereocenters. The van der Waals surface area contributed by atoms with E-state index >= 15 is 0 Å². The minimum atomic E-state index is -4.66. The minimum absolute atomic E-state index is 0.0438. The first-order chi connectivity index (χ1) is 28.9. The van der Waals surface area contributed by atoms with Gasteiger partial charge in [0.2, 0.25) is 23.7 Å². The quantitative estimate of drug-likeness (QED) is 0.160. The van der Waals surface area contributed by atoms with Gasteiger partial charge in [0, 0.05) is 63.3 Å². The van der Waals surface area contributed by atoms with E-state index in [9.17, 15) is 32.3 Å². The van der Waals surface area contributed by atoms with Gasteiger partial charge in [0.15, 0.2) is 0 Å². The summed E-state index contributed by atoms with van der Waals surface area (Å²) in [7, 11) is 3.20. The van der Waals surface area contributed by atoms with Gasteiger partial charge in [-0.15, -0.1) is 0 Å². The van der Waals surface area contributed by atoms with Gasteiger partial charge >= 0.3 is 11.9 Å². The van der Waals surface area contributed by atoms with E-state index in [1.165, 1.54) is 11.7 Å². The molecule has 1 atom stereocenters. The third-order valence-electron chi connectivity index (χ3n) is 11.6. The normalized spacial score (nSPS) is 18.1. The first-order valence-electron chi connectivity index (χ1n) is 19.9. The molecular formula is C42H45F3N10O5. The Balaban J connectivity index is 0.844. The molecule has 8 rings (SSSR count). The summed E-state index contributed by atoms with van der Waals surface area (Å²) in [5, 5.41) is 8.08. The number of piperidine rings is 2. The number of aryl methyl sites for hydroxylation is 1. The van der Waals surface area contributed by atoms with Crippen molar-refractivity contribution in [1.29, 1.82) is 0 Å². The predicted molar refractivity (Wildman–Crippen MR) is 219 cm³/mol. The fraction of sp³-hybridized carbons (Fsp3) is 0.381. The van der Waals surface area contributed by atoms with Crippen molar-refractivity contribution in [2.24, 2.45) is 7.05 Å². The lowest BCUT2D eigenvalue weighted by molar-refractivity contribution is -0.138. The molecule has 18 heteroatoms. The van der Waals surface area contributed by atoms with Crippen molar-refractivity contribution in [3.63, 3.8) is 0 Å². The lowest BCUT2D eigenvalue weighted by Gasteiger charge is -2.38. The molecule has 5 heterocycles. The number of hydrogen-bond donors (Lipinski definition) is 3. The first-order valence-corrected chi connectivity index (χ1v) is 19.9. The molecule has 0 bridgehead atoms. The van der Waals surface area contributed by atoms with E-state index in [0.29, 0.717) is 55.4 Å². The van der Waals surface area contributed by atoms with Crippen LogP contribution in [0, 0.1) is 0 Å². The number of carbonyl (C=O) groups excluding carboxylic acids is 3. The highest BCUT2D eigenvalue weighted by Gasteiger charge is 2.36. The third kappa shape index (κ3) is 8.36. The lowest BCUT2D eigenvalue weighted by atomic mass is 9.89. The number of hydrogen-bond acceptors (Lipinski definition) is 11. The zero-order valence-electron chi connectivity index (χ0n) is 33.2. The Bertz CT molecular complexity index is 2470. The van der Waals surface area contributed by atoms with E-state index in [1.54, 1.807) is 48.0 Å². The van der Waals surface area contributed by atoms with Gasteiger partial charge < -0.3 is 25.2 Å². The van der Waals surface area contributed by atoms with Gasteiger partial charge in [0.1, 0.15) is 23.2 Å². The molecule has 0 spiro atoms. The fourth-order valence-corrected chi connectivity index (χ4v) is 8.30. The van der Waals surface area contributed by atoms with Gasteiger partial charge in [-0.3, -0.25) is 33.7 Å². The summed E-state index contributed by atoms with van der Waals surface area (Å²) in [4.78, 5) is 65.3. The maximum absolute atomic E-state index is 13.8. The average Bonchev–Trinajstić information content (AvgIpc) is 3.49. The number of alkyl halides is 3. The summed E-state index contributed by atoms with van der Waals surface area (Å²) in [5.41, 5.74) is 3.01. The Hall–Kier alpha value is -6.43. The van der Waals surface area contributed by atoms with Crippen molar-refractivity contribution in [2.45, 2.75) is 43.8 Å². The summed E-state index contributed by atoms with van der Waals surface area (Å²) >= 11 is 0. The number of rotatable bonds is 10. The van der Waals surface area contributed by atoms with Crippen LogP contribution in [0.5, 0.6) is 5.75 Å². The molecule has 0 radical (unpaired) electrons. The van der Waals surface area contributed by atoms with Crippen LogP contribution in [-0.4, -0.2) is 99.5 Å². The summed E-state index contributed by atoms with van der Waals surface area (Å²) in [6.07, 6.45) is -1.74. The Kier molecular flexibility index (Phi) is 11.2. The molecule has 3 N–H and O–H groups in total. The van der Waals surface area contributed by atoms with Crippen LogP contribution in [0.25, 0.3) is 11.0 Å². The zero-order chi connectivity index (χ0) is 42.1. The highest BCUT2D eigenvalue weighted by molar-refractivity contribution is 6.00. The zero-order valence-corrected chi connectivity index (χ0v) is 33.2. The molecule has 3 aliphatic rings. The predicted octanol–water partition coefficient (Wildman–Crippen LogP) is 5.15. The highest BCUT2D eigenvalue weighted by atomic mass is 19.4. The van der Waals surface area contributed by atoms with Gasteiger partial charge in [-0.05, 0) is 80.2 Å². The van der Waals surface area contributed by atoms with Crippen LogP contribution in [0.2, 0.25) is 0 Å². The van der Waals surface area contributed by atoms with Crippen LogP contribution in [0.3, 0.4) is 0 Å². The number of imidazole rings is 1. The number of nitrogens with zero attached hydrogens (tertiary/aromatic N) is 7. The van der Waals surface area contributed by atoms with Gasteiger partial charge in [-0.2, -0.15) is 18.2 Å². The standard InChI is InChI=1S/C42H45F3N10O5/c1-51-34-22-27(8-11-32(34)55(41(51)59)33-12-13-36(56)49-39(33)58)26-14-16-52(17-15-26)25-37(57)54-20-18-53(19-21-54)29-9-10-31(35(23-29)60-2)48-40-46-24-30(42(43,44)45)38(50-40)47-28-6-4-3-5-7-28/h3-11,22-24,26,33H,12-21,25H2,1-2H3,(H,49,56,58)(H2,46,47,48,50). The largest absolute Gasteiger partial charge is 0.494 e. The van der Waals surface area contributed by atoms with Crippen LogP contribution in [-0.2, 0) is 27.6 Å². The Labute approximate surface area is 343 Å². The second-order valence-corrected chi connectivity index (χ2v) is 15.3. The average molecular weight is 827 g/mol. The smallest absolute Gasteiger partial charge is 0.421 e. The van der Waals surface area contributed by atoms with E-state index < -0.39 is 23.7 Å². The van der Waals surface area contributed by atoms with Gasteiger partial charge in [0.05, 0.1) is 30.4 Å². The van der Waals surface area contributed by atoms with Gasteiger partial charge in [0.25, 0.3) is 0 Å². The number of anilines is 5. The number of imide groups is 1. The van der Waals surface area contributed by atoms with E-state index in [-0.39, 0.29) is 48.0 Å². The van der Waals surface area contributed by atoms with E-state index in [4.69, 9.17) is 4.74 Å². The molecule has 314 valence electrons. The molecule has 5 aromatic rings. The Morgan fingerprint density at radius 1 is 0.900 bits per heavy atom. The minimum Gasteiger partial charge on any atom is -0.494 e. The molecule has 3 amide bonds. The molecule has 60 heavy (non-hydrogen) atoms. The Morgan fingerprint density at radius 2 is 1.65 bits per heavy atom. The molecule has 0 saturated carbocycles. The van der Waals surface area contributed by atoms with Gasteiger partial charge in [-0.25, -0.2) is 9.78 Å². The number of methoxy groups -OCH3 is 1. The number of para-hydroxylation sites is 1. The molecule has 3 saturated heterocycles. The van der Waals surface area contributed by atoms with E-state index in [1.807, 2.05) is 35.2 Å². The SMILES string of the molecule is COc1cc(N2CCN(C(=O)CN3CCC(c4ccc5c(c4)n(C)c(=O)n5C4CCC(=O)NC4=O)CC3)CC2)ccc1Nc1ncc(C(F)(F)F)c(Nc2ccccc2)n1. The van der Waals surface area contributed by atoms with E-state index in [0.717, 1.165) is 48.9 Å². The number of nitrogens with one attached hydrogen (secondary N) is 3. The van der Waals surface area contributed by atoms with Crippen LogP contribution < -0.4 is 31.3 Å². The van der Waals surface area contributed by atoms with Crippen molar-refractivity contribution in [1.82, 2.24) is 34.2 Å². The van der Waals surface area contributed by atoms with Crippen molar-refractivity contribution in [3.8, 4) is 5.75 Å². The number of halogens is 3. The molecule has 3 aliphatic heterocycles. The number of carbonyl (C=O) groups is 3. The number of amides is 3. The number of piperazine rings is 1. The van der Waals surface area contributed by atoms with Crippen molar-refractivity contribution in [2.75, 3.05) is 68.5 Å². The third-order valence-corrected chi connectivity index (χ3v) is 11.6. The number of likely N-dealkylation sites (tertiary alicyclic amines) is 1. The summed E-state index contributed by atoms with van der Waals surface area (Å²) in [6.45, 7) is 4.15. The van der Waals surface area contributed by atoms with Gasteiger partial charge in [-0.1, -0.05) is 24.3 Å². The number of fused-ring (bicyclic) bond motifs is 1. The van der Waals surface area contributed by atoms with Crippen LogP contribution in [0.4, 0.5) is 42.0 Å². The molecule has 0 aliphatic carbocycles. The fourth-order valence-electron chi connectivity index (χ4n) is 8.30. The van der Waals surface area contributed by atoms with E-state index in [2.05, 4.69) is 35.7 Å². The maximum Gasteiger partial charge on any atom is 0.421 e. The number of aromatic nitrogens is 4. The van der Waals surface area contributed by atoms with Crippen molar-refractivity contribution < 1.29 is 32.3 Å². The molecule has 2 aromatic heterocycles. The first kappa shape index (κ1) is 40.4. The monoisotopic (exact) mass is 826 g/mol. The lowest BCUT2D eigenvalue weighted by Crippen LogP contribution is -2.51. The topological polar surface area (TPSA) is 159 Å². The molecule has 3 aromatic carbocycles. The second kappa shape index (κ2) is 16.7. The number of benzene rings is 3. The molecular weight excluding hydrogens is 782 g/mol. The molecule has 3 fully saturated rings. The Morgan fingerprint density at radius 3 is 2.35 bits per heavy atom. The number of ether oxygens (including phenoxy) is 1. The maximum atomic E-state index is 13.8. The molecule has 15 nitrogen and oxygen atoms in total. The van der Waals surface area contributed by atoms with Crippen LogP contribution in [0.1, 0.15) is 48.8 Å². The second-order valence-electron chi connectivity index (χ2n) is 15.3. The van der Waals surface area contributed by atoms with Crippen molar-refractivity contribution >= 4 is 57.6 Å². The van der Waals surface area contributed by atoms with Crippen molar-refractivity contribution in [3.05, 3.63) is 94.5 Å². The summed E-state index contributed by atoms with van der Waals surface area (Å²) < 4.78 is 50.1.